The fraction of sp³-hybridized carbons (Fsp3) is 0.296. The van der Waals surface area contributed by atoms with Crippen molar-refractivity contribution < 1.29 is 9.21 Å². The number of anilines is 1. The van der Waals surface area contributed by atoms with Crippen molar-refractivity contribution in [3.63, 3.8) is 0 Å². The zero-order chi connectivity index (χ0) is 22.6. The Labute approximate surface area is 204 Å². The lowest BCUT2D eigenvalue weighted by atomic mass is 9.85. The van der Waals surface area contributed by atoms with Crippen LogP contribution in [0.15, 0.2) is 93.3 Å². The number of hydrogen-bond donors (Lipinski definition) is 0. The summed E-state index contributed by atoms with van der Waals surface area (Å²) in [7, 11) is 0. The molecular weight excluding hydrogens is 448 g/mol. The Morgan fingerprint density at radius 3 is 2.27 bits per heavy atom. The van der Waals surface area contributed by atoms with Crippen molar-refractivity contribution in [2.24, 2.45) is 0 Å². The molecule has 1 fully saturated rings. The average molecular weight is 477 g/mol. The summed E-state index contributed by atoms with van der Waals surface area (Å²) >= 11 is 3.54. The monoisotopic (exact) mass is 476 g/mol. The topological polar surface area (TPSA) is 36.7 Å². The largest absolute Gasteiger partial charge is 0.461 e. The molecule has 2 aromatic carbocycles. The molecule has 2 atom stereocenters. The van der Waals surface area contributed by atoms with E-state index in [0.29, 0.717) is 11.1 Å². The average Bonchev–Trinajstić information content (AvgIpc) is 3.44. The molecule has 1 saturated heterocycles. The highest BCUT2D eigenvalue weighted by Gasteiger charge is 2.38. The molecule has 33 heavy (non-hydrogen) atoms. The normalized spacial score (nSPS) is 21.9. The van der Waals surface area contributed by atoms with Crippen LogP contribution in [0.2, 0.25) is 0 Å². The van der Waals surface area contributed by atoms with E-state index in [9.17, 15) is 4.79 Å². The molecule has 2 aliphatic heterocycles. The summed E-state index contributed by atoms with van der Waals surface area (Å²) in [5, 5.41) is 0.351. The van der Waals surface area contributed by atoms with Gasteiger partial charge in [0.15, 0.2) is 5.76 Å². The molecule has 0 aliphatic carbocycles. The van der Waals surface area contributed by atoms with Gasteiger partial charge in [-0.1, -0.05) is 60.3 Å². The van der Waals surface area contributed by atoms with Crippen molar-refractivity contribution >= 4 is 35.0 Å². The molecule has 3 aromatic rings. The first-order valence-corrected chi connectivity index (χ1v) is 13.5. The smallest absolute Gasteiger partial charge is 0.226 e. The van der Waals surface area contributed by atoms with Crippen LogP contribution < -0.4 is 4.90 Å². The minimum absolute atomic E-state index is 0.0121. The summed E-state index contributed by atoms with van der Waals surface area (Å²) in [6.07, 6.45) is 4.58. The number of benzene rings is 2. The molecule has 2 aliphatic rings. The molecule has 0 bridgehead atoms. The van der Waals surface area contributed by atoms with Crippen LogP contribution in [0.25, 0.3) is 0 Å². The van der Waals surface area contributed by atoms with E-state index in [1.54, 1.807) is 30.2 Å². The van der Waals surface area contributed by atoms with Crippen molar-refractivity contribution in [2.75, 3.05) is 37.3 Å². The van der Waals surface area contributed by atoms with E-state index in [1.807, 2.05) is 17.8 Å². The van der Waals surface area contributed by atoms with Gasteiger partial charge in [0.1, 0.15) is 0 Å². The fourth-order valence-electron chi connectivity index (χ4n) is 4.77. The van der Waals surface area contributed by atoms with Gasteiger partial charge in [0, 0.05) is 47.6 Å². The van der Waals surface area contributed by atoms with E-state index in [1.165, 1.54) is 11.3 Å². The zero-order valence-electron chi connectivity index (χ0n) is 18.7. The Kier molecular flexibility index (Phi) is 6.95. The third kappa shape index (κ3) is 4.79. The highest BCUT2D eigenvalue weighted by molar-refractivity contribution is 8.22. The number of thioether (sulfide) groups is 2. The number of Topliss-reactive ketones (excluding diaryl/α,β-unsaturated/α-hetero) is 1. The first kappa shape index (κ1) is 22.4. The summed E-state index contributed by atoms with van der Waals surface area (Å²) in [5.74, 6) is 0.496. The maximum absolute atomic E-state index is 13.5. The van der Waals surface area contributed by atoms with Gasteiger partial charge >= 0.3 is 0 Å². The van der Waals surface area contributed by atoms with Gasteiger partial charge in [-0.05, 0) is 42.5 Å². The van der Waals surface area contributed by atoms with Gasteiger partial charge in [-0.15, -0.1) is 11.8 Å². The van der Waals surface area contributed by atoms with E-state index < -0.39 is 0 Å². The van der Waals surface area contributed by atoms with E-state index in [0.717, 1.165) is 42.4 Å². The predicted octanol–water partition coefficient (Wildman–Crippen LogP) is 6.11. The van der Waals surface area contributed by atoms with Gasteiger partial charge < -0.3 is 9.32 Å². The van der Waals surface area contributed by atoms with Crippen molar-refractivity contribution in [3.8, 4) is 0 Å². The Hall–Kier alpha value is -2.41. The number of allylic oxidation sites excluding steroid dienone is 1. The molecule has 3 heterocycles. The molecule has 1 aromatic heterocycles. The molecule has 0 radical (unpaired) electrons. The SMILES string of the molecule is CSC1=C(C(=O)c2ccco2)C(c2ccccc2)CC(N2CCN(c3ccccc3)CC2)S1. The Morgan fingerprint density at radius 1 is 0.939 bits per heavy atom. The molecule has 170 valence electrons. The summed E-state index contributed by atoms with van der Waals surface area (Å²) in [6.45, 7) is 4.09. The molecule has 0 saturated carbocycles. The maximum Gasteiger partial charge on any atom is 0.226 e. The van der Waals surface area contributed by atoms with Gasteiger partial charge in [0.05, 0.1) is 11.6 Å². The minimum atomic E-state index is 0.0121. The zero-order valence-corrected chi connectivity index (χ0v) is 20.4. The van der Waals surface area contributed by atoms with Gasteiger partial charge in [-0.25, -0.2) is 0 Å². The van der Waals surface area contributed by atoms with Crippen molar-refractivity contribution in [2.45, 2.75) is 17.7 Å². The first-order chi connectivity index (χ1) is 16.2. The Morgan fingerprint density at radius 2 is 1.64 bits per heavy atom. The summed E-state index contributed by atoms with van der Waals surface area (Å²) in [6, 6.07) is 24.7. The Balaban J connectivity index is 1.40. The van der Waals surface area contributed by atoms with Crippen LogP contribution >= 0.6 is 23.5 Å². The predicted molar refractivity (Wildman–Crippen MR) is 139 cm³/mol. The molecule has 0 N–H and O–H groups in total. The number of furan rings is 1. The van der Waals surface area contributed by atoms with Crippen molar-refractivity contribution in [1.82, 2.24) is 4.90 Å². The summed E-state index contributed by atoms with van der Waals surface area (Å²) in [4.78, 5) is 18.6. The molecule has 6 heteroatoms. The standard InChI is InChI=1S/C27H28N2O2S2/c1-32-27-25(26(30)23-13-8-18-31-23)22(20-9-4-2-5-10-20)19-24(33-27)29-16-14-28(15-17-29)21-11-6-3-7-12-21/h2-13,18,22,24H,14-17,19H2,1H3. The van der Waals surface area contributed by atoms with Gasteiger partial charge in [0.2, 0.25) is 5.78 Å². The summed E-state index contributed by atoms with van der Waals surface area (Å²) in [5.41, 5.74) is 3.38. The van der Waals surface area contributed by atoms with E-state index >= 15 is 0 Å². The number of carbonyl (C=O) groups excluding carboxylic acids is 1. The number of nitrogens with zero attached hydrogens (tertiary/aromatic N) is 2. The molecule has 4 nitrogen and oxygen atoms in total. The van der Waals surface area contributed by atoms with Gasteiger partial charge in [0.25, 0.3) is 0 Å². The number of piperazine rings is 1. The van der Waals surface area contributed by atoms with Crippen LogP contribution in [0, 0.1) is 0 Å². The second kappa shape index (κ2) is 10.2. The number of ketones is 1. The molecular formula is C27H28N2O2S2. The second-order valence-electron chi connectivity index (χ2n) is 8.34. The molecule has 5 rings (SSSR count). The number of rotatable bonds is 6. The van der Waals surface area contributed by atoms with E-state index in [-0.39, 0.29) is 11.7 Å². The second-order valence-corrected chi connectivity index (χ2v) is 10.6. The van der Waals surface area contributed by atoms with Crippen LogP contribution in [0.5, 0.6) is 0 Å². The van der Waals surface area contributed by atoms with Crippen LogP contribution in [-0.4, -0.2) is 48.5 Å². The minimum Gasteiger partial charge on any atom is -0.461 e. The molecule has 0 spiro atoms. The third-order valence-electron chi connectivity index (χ3n) is 6.47. The lowest BCUT2D eigenvalue weighted by Crippen LogP contribution is -2.50. The van der Waals surface area contributed by atoms with Gasteiger partial charge in [-0.2, -0.15) is 0 Å². The van der Waals surface area contributed by atoms with Crippen LogP contribution in [-0.2, 0) is 0 Å². The van der Waals surface area contributed by atoms with Crippen LogP contribution in [0.1, 0.15) is 28.5 Å². The third-order valence-corrected chi connectivity index (χ3v) is 9.04. The number of hydrogen-bond acceptors (Lipinski definition) is 6. The van der Waals surface area contributed by atoms with Crippen LogP contribution in [0.4, 0.5) is 5.69 Å². The molecule has 2 unspecified atom stereocenters. The highest BCUT2D eigenvalue weighted by atomic mass is 32.2. The van der Waals surface area contributed by atoms with E-state index in [4.69, 9.17) is 4.42 Å². The number of carbonyl (C=O) groups is 1. The quantitative estimate of drug-likeness (QED) is 0.400. The van der Waals surface area contributed by atoms with Crippen molar-refractivity contribution in [3.05, 3.63) is 100 Å². The first-order valence-electron chi connectivity index (χ1n) is 11.4. The van der Waals surface area contributed by atoms with Crippen molar-refractivity contribution in [1.29, 1.82) is 0 Å². The van der Waals surface area contributed by atoms with Gasteiger partial charge in [-0.3, -0.25) is 9.69 Å². The molecule has 0 amide bonds. The lowest BCUT2D eigenvalue weighted by Gasteiger charge is -2.43. The van der Waals surface area contributed by atoms with Crippen LogP contribution in [0.3, 0.4) is 0 Å². The maximum atomic E-state index is 13.5. The summed E-state index contributed by atoms with van der Waals surface area (Å²) < 4.78 is 6.62. The number of para-hydroxylation sites is 1. The Bertz CT molecular complexity index is 1090. The lowest BCUT2D eigenvalue weighted by molar-refractivity contribution is 0.0994. The van der Waals surface area contributed by atoms with E-state index in [2.05, 4.69) is 70.7 Å². The fourth-order valence-corrected chi connectivity index (χ4v) is 7.20. The highest BCUT2D eigenvalue weighted by Crippen LogP contribution is 2.49.